The van der Waals surface area contributed by atoms with Crippen LogP contribution in [0, 0.1) is 5.92 Å². The maximum Gasteiger partial charge on any atom is 0.270 e. The van der Waals surface area contributed by atoms with Crippen LogP contribution in [0.15, 0.2) is 11.0 Å². The number of nitrogens with two attached hydrogens (primary N) is 1. The highest BCUT2D eigenvalue weighted by Gasteiger charge is 2.29. The number of nitrogens with zero attached hydrogens (tertiary/aromatic N) is 3. The number of aromatic hydroxyl groups is 1. The molecule has 1 aliphatic carbocycles. The van der Waals surface area contributed by atoms with Crippen molar-refractivity contribution in [2.75, 3.05) is 0 Å². The molecule has 124 valence electrons. The van der Waals surface area contributed by atoms with E-state index in [0.29, 0.717) is 17.8 Å². The molecule has 1 saturated carbocycles. The third kappa shape index (κ3) is 2.70. The number of carbonyl (C=O) groups is 1. The minimum Gasteiger partial charge on any atom is -0.492 e. The summed E-state index contributed by atoms with van der Waals surface area (Å²) in [6, 6.07) is 0.0905. The Hall–Kier alpha value is -2.35. The Morgan fingerprint density at radius 3 is 2.78 bits per heavy atom. The summed E-state index contributed by atoms with van der Waals surface area (Å²) in [6.45, 7) is 4.54. The van der Waals surface area contributed by atoms with Gasteiger partial charge in [-0.2, -0.15) is 9.61 Å². The fourth-order valence-electron chi connectivity index (χ4n) is 2.61. The highest BCUT2D eigenvalue weighted by molar-refractivity contribution is 5.96. The first-order chi connectivity index (χ1) is 10.9. The molecule has 2 aromatic heterocycles. The van der Waals surface area contributed by atoms with Gasteiger partial charge >= 0.3 is 0 Å². The average molecular weight is 319 g/mol. The third-order valence-electron chi connectivity index (χ3n) is 3.86. The summed E-state index contributed by atoms with van der Waals surface area (Å²) in [4.78, 5) is 25.2. The summed E-state index contributed by atoms with van der Waals surface area (Å²) in [5, 5.41) is 17.2. The lowest BCUT2D eigenvalue weighted by atomic mass is 10.2. The van der Waals surface area contributed by atoms with Crippen LogP contribution in [-0.2, 0) is 13.1 Å². The average Bonchev–Trinajstić information content (AvgIpc) is 3.18. The lowest BCUT2D eigenvalue weighted by Gasteiger charge is -2.15. The molecule has 23 heavy (non-hydrogen) atoms. The van der Waals surface area contributed by atoms with Gasteiger partial charge < -0.3 is 16.2 Å². The van der Waals surface area contributed by atoms with Crippen molar-refractivity contribution in [2.24, 2.45) is 11.7 Å². The summed E-state index contributed by atoms with van der Waals surface area (Å²) in [5.74, 6) is -0.817. The number of nitrogens with one attached hydrogen (secondary N) is 1. The predicted octanol–water partition coefficient (Wildman–Crippen LogP) is 0.208. The standard InChI is InChI=1S/C15H21N5O3/c1-8(2)7-19-13-9(5-16)6-17-20(13)15(23)11(14(19)22)12(21)18-10-3-4-10/h6,8,10,23H,3-5,7,16H2,1-2H3,(H,18,21). The molecule has 1 amide bonds. The predicted molar refractivity (Wildman–Crippen MR) is 84.3 cm³/mol. The first kappa shape index (κ1) is 15.5. The molecular weight excluding hydrogens is 298 g/mol. The van der Waals surface area contributed by atoms with Gasteiger partial charge in [-0.25, -0.2) is 0 Å². The fraction of sp³-hybridized carbons (Fsp3) is 0.533. The monoisotopic (exact) mass is 319 g/mol. The van der Waals surface area contributed by atoms with Gasteiger partial charge in [-0.15, -0.1) is 0 Å². The van der Waals surface area contributed by atoms with E-state index in [-0.39, 0.29) is 24.1 Å². The van der Waals surface area contributed by atoms with Gasteiger partial charge in [0.15, 0.2) is 5.56 Å². The summed E-state index contributed by atoms with van der Waals surface area (Å²) < 4.78 is 2.69. The molecule has 8 nitrogen and oxygen atoms in total. The van der Waals surface area contributed by atoms with E-state index in [1.165, 1.54) is 15.3 Å². The van der Waals surface area contributed by atoms with Crippen molar-refractivity contribution in [1.82, 2.24) is 19.5 Å². The molecular formula is C15H21N5O3. The molecule has 0 radical (unpaired) electrons. The van der Waals surface area contributed by atoms with E-state index >= 15 is 0 Å². The fourth-order valence-corrected chi connectivity index (χ4v) is 2.61. The van der Waals surface area contributed by atoms with Crippen LogP contribution in [0.1, 0.15) is 42.6 Å². The number of rotatable bonds is 5. The van der Waals surface area contributed by atoms with E-state index in [4.69, 9.17) is 5.73 Å². The smallest absolute Gasteiger partial charge is 0.270 e. The normalized spacial score (nSPS) is 14.6. The Morgan fingerprint density at radius 2 is 2.22 bits per heavy atom. The molecule has 0 saturated heterocycles. The van der Waals surface area contributed by atoms with Crippen LogP contribution >= 0.6 is 0 Å². The van der Waals surface area contributed by atoms with E-state index < -0.39 is 17.3 Å². The van der Waals surface area contributed by atoms with Crippen LogP contribution in [0.3, 0.4) is 0 Å². The van der Waals surface area contributed by atoms with Crippen LogP contribution in [0.2, 0.25) is 0 Å². The number of hydrogen-bond acceptors (Lipinski definition) is 5. The van der Waals surface area contributed by atoms with Gasteiger partial charge in [0.05, 0.1) is 6.20 Å². The molecule has 2 aromatic rings. The molecule has 0 aromatic carbocycles. The SMILES string of the molecule is CC(C)Cn1c(=O)c(C(=O)NC2CC2)c(O)n2ncc(CN)c12. The van der Waals surface area contributed by atoms with Crippen molar-refractivity contribution in [2.45, 2.75) is 45.8 Å². The molecule has 4 N–H and O–H groups in total. The second kappa shape index (κ2) is 5.69. The maximum atomic E-state index is 12.8. The Kier molecular flexibility index (Phi) is 3.85. The zero-order valence-corrected chi connectivity index (χ0v) is 13.2. The van der Waals surface area contributed by atoms with Crippen molar-refractivity contribution in [3.05, 3.63) is 27.7 Å². The van der Waals surface area contributed by atoms with Gasteiger partial charge in [0.25, 0.3) is 11.5 Å². The topological polar surface area (TPSA) is 115 Å². The van der Waals surface area contributed by atoms with Crippen molar-refractivity contribution in [3.63, 3.8) is 0 Å². The van der Waals surface area contributed by atoms with E-state index in [9.17, 15) is 14.7 Å². The first-order valence-electron chi connectivity index (χ1n) is 7.77. The molecule has 0 bridgehead atoms. The highest BCUT2D eigenvalue weighted by atomic mass is 16.3. The quantitative estimate of drug-likeness (QED) is 0.729. The van der Waals surface area contributed by atoms with Crippen molar-refractivity contribution in [1.29, 1.82) is 0 Å². The molecule has 3 rings (SSSR count). The van der Waals surface area contributed by atoms with Gasteiger partial charge in [0.1, 0.15) is 5.65 Å². The largest absolute Gasteiger partial charge is 0.492 e. The van der Waals surface area contributed by atoms with Gasteiger partial charge in [0, 0.05) is 24.7 Å². The van der Waals surface area contributed by atoms with Crippen LogP contribution in [0.25, 0.3) is 5.65 Å². The van der Waals surface area contributed by atoms with Crippen LogP contribution < -0.4 is 16.6 Å². The zero-order chi connectivity index (χ0) is 16.7. The van der Waals surface area contributed by atoms with Crippen molar-refractivity contribution < 1.29 is 9.90 Å². The Balaban J connectivity index is 2.24. The van der Waals surface area contributed by atoms with Crippen LogP contribution in [0.5, 0.6) is 5.88 Å². The summed E-state index contributed by atoms with van der Waals surface area (Å²) >= 11 is 0. The van der Waals surface area contributed by atoms with Crippen molar-refractivity contribution >= 4 is 11.6 Å². The number of aromatic nitrogens is 3. The molecule has 8 heteroatoms. The van der Waals surface area contributed by atoms with Crippen LogP contribution in [0.4, 0.5) is 0 Å². The molecule has 0 unspecified atom stereocenters. The number of carbonyl (C=O) groups excluding carboxylic acids is 1. The van der Waals surface area contributed by atoms with Gasteiger partial charge in [-0.1, -0.05) is 13.8 Å². The molecule has 0 aliphatic heterocycles. The first-order valence-corrected chi connectivity index (χ1v) is 7.77. The number of amides is 1. The van der Waals surface area contributed by atoms with Gasteiger partial charge in [-0.3, -0.25) is 14.2 Å². The van der Waals surface area contributed by atoms with E-state index in [1.54, 1.807) is 0 Å². The summed E-state index contributed by atoms with van der Waals surface area (Å²) in [7, 11) is 0. The lowest BCUT2D eigenvalue weighted by molar-refractivity contribution is 0.0944. The molecule has 0 spiro atoms. The van der Waals surface area contributed by atoms with Crippen molar-refractivity contribution in [3.8, 4) is 5.88 Å². The number of fused-ring (bicyclic) bond motifs is 1. The second-order valence-corrected chi connectivity index (χ2v) is 6.37. The molecule has 0 atom stereocenters. The minimum atomic E-state index is -0.556. The molecule has 1 fully saturated rings. The molecule has 1 aliphatic rings. The third-order valence-corrected chi connectivity index (χ3v) is 3.86. The van der Waals surface area contributed by atoms with Crippen LogP contribution in [-0.4, -0.2) is 31.2 Å². The highest BCUT2D eigenvalue weighted by Crippen LogP contribution is 2.22. The van der Waals surface area contributed by atoms with E-state index in [1.807, 2.05) is 13.8 Å². The minimum absolute atomic E-state index is 0.0905. The Morgan fingerprint density at radius 1 is 1.52 bits per heavy atom. The molecule has 2 heterocycles. The summed E-state index contributed by atoms with van der Waals surface area (Å²) in [5.41, 5.74) is 6.00. The Bertz CT molecular complexity index is 817. The maximum absolute atomic E-state index is 12.8. The van der Waals surface area contributed by atoms with E-state index in [2.05, 4.69) is 10.4 Å². The van der Waals surface area contributed by atoms with Gasteiger partial charge in [0.2, 0.25) is 5.88 Å². The van der Waals surface area contributed by atoms with Gasteiger partial charge in [-0.05, 0) is 18.8 Å². The Labute approximate surface area is 132 Å². The second-order valence-electron chi connectivity index (χ2n) is 6.37. The van der Waals surface area contributed by atoms with E-state index in [0.717, 1.165) is 12.8 Å². The lowest BCUT2D eigenvalue weighted by Crippen LogP contribution is -2.36. The zero-order valence-electron chi connectivity index (χ0n) is 13.2. The number of hydrogen-bond donors (Lipinski definition) is 3. The summed E-state index contributed by atoms with van der Waals surface area (Å²) in [6.07, 6.45) is 3.30.